The topological polar surface area (TPSA) is 135 Å². The van der Waals surface area contributed by atoms with E-state index in [-0.39, 0.29) is 41.5 Å². The number of allylic oxidation sites excluding steroid dienone is 3. The maximum Gasteiger partial charge on any atom is 0.339 e. The summed E-state index contributed by atoms with van der Waals surface area (Å²) >= 11 is 0. The van der Waals surface area contributed by atoms with Crippen LogP contribution in [0.1, 0.15) is 36.3 Å². The van der Waals surface area contributed by atoms with E-state index in [1.54, 1.807) is 43.4 Å². The van der Waals surface area contributed by atoms with Gasteiger partial charge in [-0.05, 0) is 37.1 Å². The highest BCUT2D eigenvalue weighted by atomic mass is 16.5. The molecular weight excluding hydrogens is 410 g/mol. The number of hydrogen-bond donors (Lipinski definition) is 4. The third kappa shape index (κ3) is 4.91. The Morgan fingerprint density at radius 2 is 2.06 bits per heavy atom. The minimum atomic E-state index is -1.15. The fourth-order valence-corrected chi connectivity index (χ4v) is 3.45. The summed E-state index contributed by atoms with van der Waals surface area (Å²) in [7, 11) is 0. The summed E-state index contributed by atoms with van der Waals surface area (Å²) in [4.78, 5) is 28.7. The summed E-state index contributed by atoms with van der Waals surface area (Å²) in [5, 5.41) is 22.7. The van der Waals surface area contributed by atoms with Gasteiger partial charge in [0.25, 0.3) is 5.91 Å². The SMILES string of the molecule is Cc1nc2cccc(OCC(NC(=O)C3=CC=CCC(O)=C3)C(C)C)c2c(N)c1C(=O)O. The second kappa shape index (κ2) is 9.55. The third-order valence-electron chi connectivity index (χ3n) is 5.27. The number of fused-ring (bicyclic) bond motifs is 1. The fraction of sp³-hybridized carbons (Fsp3) is 0.292. The summed E-state index contributed by atoms with van der Waals surface area (Å²) in [5.74, 6) is -0.933. The first kappa shape index (κ1) is 22.9. The van der Waals surface area contributed by atoms with Crippen LogP contribution in [0.25, 0.3) is 10.9 Å². The lowest BCUT2D eigenvalue weighted by atomic mass is 10.0. The van der Waals surface area contributed by atoms with Crippen LogP contribution in [0.4, 0.5) is 5.69 Å². The first-order valence-corrected chi connectivity index (χ1v) is 10.3. The number of carboxylic acids is 1. The number of aliphatic hydroxyl groups excluding tert-OH is 1. The number of ether oxygens (including phenoxy) is 1. The molecule has 1 amide bonds. The average Bonchev–Trinajstić information content (AvgIpc) is 2.94. The van der Waals surface area contributed by atoms with Gasteiger partial charge in [-0.15, -0.1) is 0 Å². The Morgan fingerprint density at radius 1 is 1.31 bits per heavy atom. The van der Waals surface area contributed by atoms with Gasteiger partial charge in [-0.2, -0.15) is 0 Å². The molecule has 1 aliphatic carbocycles. The number of nitrogens with zero attached hydrogens (tertiary/aromatic N) is 1. The number of carbonyl (C=O) groups excluding carboxylic acids is 1. The highest BCUT2D eigenvalue weighted by Crippen LogP contribution is 2.33. The molecule has 3 rings (SSSR count). The number of carbonyl (C=O) groups is 2. The quantitative estimate of drug-likeness (QED) is 0.519. The van der Waals surface area contributed by atoms with Gasteiger partial charge in [-0.1, -0.05) is 32.1 Å². The number of nitrogens with one attached hydrogen (secondary N) is 1. The number of nitrogens with two attached hydrogens (primary N) is 1. The predicted octanol–water partition coefficient (Wildman–Crippen LogP) is 3.67. The van der Waals surface area contributed by atoms with E-state index in [1.807, 2.05) is 13.8 Å². The zero-order valence-electron chi connectivity index (χ0n) is 18.3. The molecule has 8 nitrogen and oxygen atoms in total. The van der Waals surface area contributed by atoms with Crippen LogP contribution in [-0.4, -0.2) is 39.7 Å². The molecule has 0 fully saturated rings. The number of rotatable bonds is 7. The van der Waals surface area contributed by atoms with Crippen molar-refractivity contribution in [1.82, 2.24) is 10.3 Å². The number of aromatic nitrogens is 1. The molecule has 1 aliphatic rings. The Kier molecular flexibility index (Phi) is 6.82. The van der Waals surface area contributed by atoms with Gasteiger partial charge in [0.2, 0.25) is 0 Å². The van der Waals surface area contributed by atoms with E-state index in [2.05, 4.69) is 10.3 Å². The van der Waals surface area contributed by atoms with Crippen LogP contribution in [0.2, 0.25) is 0 Å². The summed E-state index contributed by atoms with van der Waals surface area (Å²) < 4.78 is 6.01. The Hall–Kier alpha value is -3.81. The molecule has 32 heavy (non-hydrogen) atoms. The molecule has 1 aromatic heterocycles. The molecule has 2 aromatic rings. The van der Waals surface area contributed by atoms with Crippen molar-refractivity contribution in [2.75, 3.05) is 12.3 Å². The van der Waals surface area contributed by atoms with Gasteiger partial charge in [0, 0.05) is 12.0 Å². The largest absolute Gasteiger partial charge is 0.512 e. The minimum Gasteiger partial charge on any atom is -0.512 e. The molecular formula is C24H27N3O5. The third-order valence-corrected chi connectivity index (χ3v) is 5.27. The number of pyridine rings is 1. The van der Waals surface area contributed by atoms with Gasteiger partial charge < -0.3 is 26.0 Å². The monoisotopic (exact) mass is 437 g/mol. The van der Waals surface area contributed by atoms with E-state index in [0.29, 0.717) is 34.3 Å². The molecule has 1 unspecified atom stereocenters. The number of nitrogen functional groups attached to an aromatic ring is 1. The lowest BCUT2D eigenvalue weighted by Crippen LogP contribution is -2.43. The zero-order chi connectivity index (χ0) is 23.4. The van der Waals surface area contributed by atoms with E-state index in [0.717, 1.165) is 0 Å². The lowest BCUT2D eigenvalue weighted by Gasteiger charge is -2.23. The van der Waals surface area contributed by atoms with Gasteiger partial charge in [0.15, 0.2) is 0 Å². The first-order chi connectivity index (χ1) is 15.2. The molecule has 1 heterocycles. The Bertz CT molecular complexity index is 1150. The molecule has 0 spiro atoms. The number of benzene rings is 1. The summed E-state index contributed by atoms with van der Waals surface area (Å²) in [6.45, 7) is 5.64. The number of amides is 1. The second-order valence-electron chi connectivity index (χ2n) is 7.97. The maximum atomic E-state index is 12.7. The molecule has 0 saturated carbocycles. The fourth-order valence-electron chi connectivity index (χ4n) is 3.45. The zero-order valence-corrected chi connectivity index (χ0v) is 18.3. The van der Waals surface area contributed by atoms with Crippen molar-refractivity contribution in [2.24, 2.45) is 5.92 Å². The van der Waals surface area contributed by atoms with Crippen LogP contribution in [0, 0.1) is 12.8 Å². The normalized spacial score (nSPS) is 14.5. The summed E-state index contributed by atoms with van der Waals surface area (Å²) in [5.41, 5.74) is 7.43. The highest BCUT2D eigenvalue weighted by Gasteiger charge is 2.22. The van der Waals surface area contributed by atoms with E-state index in [9.17, 15) is 19.8 Å². The smallest absolute Gasteiger partial charge is 0.339 e. The van der Waals surface area contributed by atoms with Crippen molar-refractivity contribution in [3.05, 3.63) is 65.1 Å². The van der Waals surface area contributed by atoms with Crippen LogP contribution in [0.5, 0.6) is 5.75 Å². The number of anilines is 1. The molecule has 0 bridgehead atoms. The van der Waals surface area contributed by atoms with Crippen molar-refractivity contribution < 1.29 is 24.5 Å². The molecule has 0 radical (unpaired) electrons. The van der Waals surface area contributed by atoms with E-state index < -0.39 is 5.97 Å². The molecule has 8 heteroatoms. The van der Waals surface area contributed by atoms with Crippen LogP contribution in [0.3, 0.4) is 0 Å². The minimum absolute atomic E-state index is 0.0423. The van der Waals surface area contributed by atoms with Crippen LogP contribution < -0.4 is 15.8 Å². The van der Waals surface area contributed by atoms with Crippen LogP contribution >= 0.6 is 0 Å². The van der Waals surface area contributed by atoms with E-state index >= 15 is 0 Å². The molecule has 1 atom stereocenters. The molecule has 1 aromatic carbocycles. The molecule has 168 valence electrons. The molecule has 5 N–H and O–H groups in total. The van der Waals surface area contributed by atoms with Gasteiger partial charge in [-0.25, -0.2) is 4.79 Å². The Balaban J connectivity index is 1.85. The van der Waals surface area contributed by atoms with Crippen molar-refractivity contribution in [2.45, 2.75) is 33.2 Å². The number of aliphatic hydroxyl groups is 1. The van der Waals surface area contributed by atoms with Crippen LogP contribution in [-0.2, 0) is 4.79 Å². The molecule has 0 aliphatic heterocycles. The second-order valence-corrected chi connectivity index (χ2v) is 7.97. The lowest BCUT2D eigenvalue weighted by molar-refractivity contribution is -0.118. The number of aromatic carboxylic acids is 1. The highest BCUT2D eigenvalue weighted by molar-refractivity contribution is 6.06. The van der Waals surface area contributed by atoms with Gasteiger partial charge >= 0.3 is 5.97 Å². The van der Waals surface area contributed by atoms with Crippen molar-refractivity contribution >= 4 is 28.5 Å². The Labute approximate surface area is 186 Å². The molecule has 0 saturated heterocycles. The predicted molar refractivity (Wildman–Crippen MR) is 123 cm³/mol. The number of hydrogen-bond acceptors (Lipinski definition) is 6. The Morgan fingerprint density at radius 3 is 2.75 bits per heavy atom. The number of aryl methyl sites for hydroxylation is 1. The van der Waals surface area contributed by atoms with Gasteiger partial charge in [-0.3, -0.25) is 9.78 Å². The number of carboxylic acid groups (broad SMARTS) is 1. The van der Waals surface area contributed by atoms with E-state index in [1.165, 1.54) is 6.08 Å². The van der Waals surface area contributed by atoms with Gasteiger partial charge in [0.1, 0.15) is 17.9 Å². The van der Waals surface area contributed by atoms with Crippen molar-refractivity contribution in [3.8, 4) is 5.75 Å². The van der Waals surface area contributed by atoms with Crippen LogP contribution in [0.15, 0.2) is 53.8 Å². The van der Waals surface area contributed by atoms with Crippen molar-refractivity contribution in [3.63, 3.8) is 0 Å². The van der Waals surface area contributed by atoms with E-state index in [4.69, 9.17) is 10.5 Å². The summed E-state index contributed by atoms with van der Waals surface area (Å²) in [6, 6.07) is 4.84. The standard InChI is InChI=1S/C24H27N3O5/c1-13(2)18(27-23(29)15-7-4-5-8-16(28)11-15)12-32-19-10-6-9-17-21(19)22(25)20(24(30)31)14(3)26-17/h4-7,9-11,13,18,28H,8,12H2,1-3H3,(H2,25,26)(H,27,29)(H,30,31). The maximum absolute atomic E-state index is 12.7. The first-order valence-electron chi connectivity index (χ1n) is 10.3. The van der Waals surface area contributed by atoms with Crippen molar-refractivity contribution in [1.29, 1.82) is 0 Å². The summed E-state index contributed by atoms with van der Waals surface area (Å²) in [6.07, 6.45) is 6.95. The van der Waals surface area contributed by atoms with Gasteiger partial charge in [0.05, 0.1) is 34.1 Å². The average molecular weight is 437 g/mol.